The number of allylic oxidation sites excluding steroid dienone is 1. The van der Waals surface area contributed by atoms with Gasteiger partial charge in [-0.3, -0.25) is 4.79 Å². The standard InChI is InChI=1S/C13H15BrO3/c1-4-9(2)17-12-6-5-11(14)7-10(12)8-13(15)16-3/h5-7H,2,4,8H2,1,3H3. The number of carbonyl (C=O) groups excluding carboxylic acids is 1. The number of halogens is 1. The molecule has 0 N–H and O–H groups in total. The van der Waals surface area contributed by atoms with Crippen LogP contribution >= 0.6 is 15.9 Å². The first kappa shape index (κ1) is 13.8. The molecule has 0 saturated carbocycles. The van der Waals surface area contributed by atoms with Crippen molar-refractivity contribution in [2.24, 2.45) is 0 Å². The molecule has 1 aromatic carbocycles. The van der Waals surface area contributed by atoms with Gasteiger partial charge in [-0.25, -0.2) is 0 Å². The second-order valence-electron chi connectivity index (χ2n) is 3.50. The van der Waals surface area contributed by atoms with Crippen LogP contribution in [0, 0.1) is 0 Å². The van der Waals surface area contributed by atoms with Gasteiger partial charge in [0.05, 0.1) is 19.3 Å². The fourth-order valence-electron chi connectivity index (χ4n) is 1.24. The third-order valence-corrected chi connectivity index (χ3v) is 2.73. The van der Waals surface area contributed by atoms with Crippen molar-refractivity contribution in [1.82, 2.24) is 0 Å². The van der Waals surface area contributed by atoms with E-state index < -0.39 is 0 Å². The van der Waals surface area contributed by atoms with E-state index in [1.54, 1.807) is 0 Å². The molecule has 0 aliphatic rings. The highest BCUT2D eigenvalue weighted by molar-refractivity contribution is 9.10. The van der Waals surface area contributed by atoms with Crippen LogP contribution < -0.4 is 4.74 Å². The Morgan fingerprint density at radius 1 is 1.47 bits per heavy atom. The van der Waals surface area contributed by atoms with Crippen LogP contribution in [0.1, 0.15) is 18.9 Å². The fraction of sp³-hybridized carbons (Fsp3) is 0.308. The molecule has 0 bridgehead atoms. The molecule has 4 heteroatoms. The molecule has 0 fully saturated rings. The number of esters is 1. The Morgan fingerprint density at radius 2 is 2.18 bits per heavy atom. The lowest BCUT2D eigenvalue weighted by molar-refractivity contribution is -0.139. The van der Waals surface area contributed by atoms with Gasteiger partial charge in [0.15, 0.2) is 0 Å². The average molecular weight is 299 g/mol. The summed E-state index contributed by atoms with van der Waals surface area (Å²) in [7, 11) is 1.37. The minimum absolute atomic E-state index is 0.183. The van der Waals surface area contributed by atoms with Crippen LogP contribution in [0.2, 0.25) is 0 Å². The first-order valence-electron chi connectivity index (χ1n) is 5.27. The van der Waals surface area contributed by atoms with Crippen LogP contribution in [0.3, 0.4) is 0 Å². The number of benzene rings is 1. The molecule has 0 radical (unpaired) electrons. The first-order chi connectivity index (χ1) is 8.06. The predicted octanol–water partition coefficient (Wildman–Crippen LogP) is 3.47. The van der Waals surface area contributed by atoms with Crippen LogP contribution in [0.25, 0.3) is 0 Å². The maximum Gasteiger partial charge on any atom is 0.310 e. The van der Waals surface area contributed by atoms with Crippen molar-refractivity contribution in [2.45, 2.75) is 19.8 Å². The monoisotopic (exact) mass is 298 g/mol. The molecule has 0 aliphatic carbocycles. The zero-order chi connectivity index (χ0) is 12.8. The average Bonchev–Trinajstić information content (AvgIpc) is 2.32. The Kier molecular flexibility index (Phi) is 5.22. The van der Waals surface area contributed by atoms with E-state index in [1.807, 2.05) is 25.1 Å². The summed E-state index contributed by atoms with van der Waals surface area (Å²) in [5.74, 6) is 1.01. The van der Waals surface area contributed by atoms with Crippen LogP contribution in [0.4, 0.5) is 0 Å². The number of methoxy groups -OCH3 is 1. The molecule has 17 heavy (non-hydrogen) atoms. The third-order valence-electron chi connectivity index (χ3n) is 2.23. The van der Waals surface area contributed by atoms with Crippen LogP contribution in [-0.4, -0.2) is 13.1 Å². The second kappa shape index (κ2) is 6.45. The number of rotatable bonds is 5. The zero-order valence-electron chi connectivity index (χ0n) is 9.96. The molecule has 0 atom stereocenters. The highest BCUT2D eigenvalue weighted by Crippen LogP contribution is 2.25. The minimum atomic E-state index is -0.296. The van der Waals surface area contributed by atoms with Crippen molar-refractivity contribution in [3.63, 3.8) is 0 Å². The topological polar surface area (TPSA) is 35.5 Å². The molecule has 92 valence electrons. The molecule has 0 unspecified atom stereocenters. The number of carbonyl (C=O) groups is 1. The molecule has 0 aliphatic heterocycles. The molecule has 0 amide bonds. The van der Waals surface area contributed by atoms with Gasteiger partial charge in [0, 0.05) is 16.5 Å². The highest BCUT2D eigenvalue weighted by atomic mass is 79.9. The van der Waals surface area contributed by atoms with Crippen molar-refractivity contribution < 1.29 is 14.3 Å². The number of hydrogen-bond acceptors (Lipinski definition) is 3. The van der Waals surface area contributed by atoms with E-state index in [9.17, 15) is 4.79 Å². The van der Waals surface area contributed by atoms with Gasteiger partial charge >= 0.3 is 5.97 Å². The van der Waals surface area contributed by atoms with E-state index in [4.69, 9.17) is 4.74 Å². The summed E-state index contributed by atoms with van der Waals surface area (Å²) < 4.78 is 11.1. The Bertz CT molecular complexity index is 427. The summed E-state index contributed by atoms with van der Waals surface area (Å²) in [6.07, 6.45) is 0.913. The summed E-state index contributed by atoms with van der Waals surface area (Å²) >= 11 is 3.36. The molecular weight excluding hydrogens is 284 g/mol. The van der Waals surface area contributed by atoms with E-state index in [0.29, 0.717) is 11.5 Å². The van der Waals surface area contributed by atoms with Crippen molar-refractivity contribution in [3.8, 4) is 5.75 Å². The summed E-state index contributed by atoms with van der Waals surface area (Å²) in [6.45, 7) is 5.74. The first-order valence-corrected chi connectivity index (χ1v) is 6.07. The molecule has 0 spiro atoms. The van der Waals surface area contributed by atoms with Gasteiger partial charge in [-0.2, -0.15) is 0 Å². The smallest absolute Gasteiger partial charge is 0.310 e. The van der Waals surface area contributed by atoms with Gasteiger partial charge in [0.1, 0.15) is 5.75 Å². The Balaban J connectivity index is 2.95. The maximum atomic E-state index is 11.3. The van der Waals surface area contributed by atoms with Crippen LogP contribution in [0.15, 0.2) is 35.0 Å². The van der Waals surface area contributed by atoms with E-state index in [0.717, 1.165) is 16.5 Å². The molecule has 0 aromatic heterocycles. The lowest BCUT2D eigenvalue weighted by Crippen LogP contribution is -2.06. The quantitative estimate of drug-likeness (QED) is 0.617. The van der Waals surface area contributed by atoms with Gasteiger partial charge in [-0.05, 0) is 18.2 Å². The number of hydrogen-bond donors (Lipinski definition) is 0. The summed E-state index contributed by atoms with van der Waals surface area (Å²) in [5.41, 5.74) is 0.779. The molecule has 0 saturated heterocycles. The molecule has 0 heterocycles. The lowest BCUT2D eigenvalue weighted by atomic mass is 10.1. The second-order valence-corrected chi connectivity index (χ2v) is 4.41. The normalized spacial score (nSPS) is 9.82. The van der Waals surface area contributed by atoms with Crippen molar-refractivity contribution in [1.29, 1.82) is 0 Å². The number of ether oxygens (including phenoxy) is 2. The Morgan fingerprint density at radius 3 is 2.76 bits per heavy atom. The molecule has 1 aromatic rings. The minimum Gasteiger partial charge on any atom is -0.469 e. The molecule has 1 rings (SSSR count). The highest BCUT2D eigenvalue weighted by Gasteiger charge is 2.10. The van der Waals surface area contributed by atoms with Crippen LogP contribution in [0.5, 0.6) is 5.75 Å². The Labute approximate surface area is 110 Å². The molecule has 3 nitrogen and oxygen atoms in total. The Hall–Kier alpha value is -1.29. The summed E-state index contributed by atoms with van der Waals surface area (Å²) in [4.78, 5) is 11.3. The van der Waals surface area contributed by atoms with Crippen molar-refractivity contribution in [2.75, 3.05) is 7.11 Å². The van der Waals surface area contributed by atoms with E-state index >= 15 is 0 Å². The van der Waals surface area contributed by atoms with Gasteiger partial charge in [-0.1, -0.05) is 29.4 Å². The van der Waals surface area contributed by atoms with E-state index in [-0.39, 0.29) is 12.4 Å². The molecular formula is C13H15BrO3. The van der Waals surface area contributed by atoms with Crippen molar-refractivity contribution in [3.05, 3.63) is 40.6 Å². The summed E-state index contributed by atoms with van der Waals surface area (Å²) in [6, 6.07) is 5.51. The predicted molar refractivity (Wildman–Crippen MR) is 69.9 cm³/mol. The van der Waals surface area contributed by atoms with E-state index in [1.165, 1.54) is 7.11 Å². The van der Waals surface area contributed by atoms with E-state index in [2.05, 4.69) is 27.2 Å². The maximum absolute atomic E-state index is 11.3. The van der Waals surface area contributed by atoms with Gasteiger partial charge in [0.2, 0.25) is 0 Å². The van der Waals surface area contributed by atoms with Gasteiger partial charge < -0.3 is 9.47 Å². The van der Waals surface area contributed by atoms with Crippen LogP contribution in [-0.2, 0) is 16.0 Å². The van der Waals surface area contributed by atoms with Gasteiger partial charge in [-0.15, -0.1) is 0 Å². The fourth-order valence-corrected chi connectivity index (χ4v) is 1.65. The largest absolute Gasteiger partial charge is 0.469 e. The third kappa shape index (κ3) is 4.23. The van der Waals surface area contributed by atoms with Crippen molar-refractivity contribution >= 4 is 21.9 Å². The summed E-state index contributed by atoms with van der Waals surface area (Å²) in [5, 5.41) is 0. The lowest BCUT2D eigenvalue weighted by Gasteiger charge is -2.11. The SMILES string of the molecule is C=C(CC)Oc1ccc(Br)cc1CC(=O)OC. The van der Waals surface area contributed by atoms with Gasteiger partial charge in [0.25, 0.3) is 0 Å². The zero-order valence-corrected chi connectivity index (χ0v) is 11.5.